The van der Waals surface area contributed by atoms with Gasteiger partial charge in [-0.05, 0) is 31.0 Å². The third kappa shape index (κ3) is 3.34. The van der Waals surface area contributed by atoms with Crippen LogP contribution >= 0.6 is 11.3 Å². The summed E-state index contributed by atoms with van der Waals surface area (Å²) < 4.78 is 11.4. The van der Waals surface area contributed by atoms with Crippen LogP contribution in [0.15, 0.2) is 18.2 Å². The largest absolute Gasteiger partial charge is 0.497 e. The lowest BCUT2D eigenvalue weighted by Gasteiger charge is -2.01. The van der Waals surface area contributed by atoms with Crippen molar-refractivity contribution in [2.45, 2.75) is 12.8 Å². The Balaban J connectivity index is 1.93. The smallest absolute Gasteiger partial charge is 0.183 e. The van der Waals surface area contributed by atoms with E-state index in [1.807, 2.05) is 18.2 Å². The maximum atomic E-state index is 5.20. The summed E-state index contributed by atoms with van der Waals surface area (Å²) in [6.07, 6.45) is 2.16. The lowest BCUT2D eigenvalue weighted by atomic mass is 10.3. The summed E-state index contributed by atoms with van der Waals surface area (Å²) in [4.78, 5) is 4.53. The predicted octanol–water partition coefficient (Wildman–Crippen LogP) is 3.14. The number of hydrogen-bond acceptors (Lipinski definition) is 5. The molecule has 0 radical (unpaired) electrons. The van der Waals surface area contributed by atoms with Gasteiger partial charge < -0.3 is 14.8 Å². The fourth-order valence-corrected chi connectivity index (χ4v) is 2.59. The molecule has 2 aromatic rings. The minimum atomic E-state index is 0.818. The maximum absolute atomic E-state index is 5.20. The van der Waals surface area contributed by atoms with Crippen molar-refractivity contribution in [1.82, 2.24) is 4.98 Å². The van der Waals surface area contributed by atoms with E-state index in [9.17, 15) is 0 Å². The number of ether oxygens (including phenoxy) is 2. The summed E-state index contributed by atoms with van der Waals surface area (Å²) in [5.74, 6) is 0.873. The fourth-order valence-electron chi connectivity index (χ4n) is 1.67. The van der Waals surface area contributed by atoms with E-state index in [1.54, 1.807) is 25.6 Å². The second-order valence-corrected chi connectivity index (χ2v) is 5.01. The lowest BCUT2D eigenvalue weighted by Crippen LogP contribution is -2.02. The van der Waals surface area contributed by atoms with Crippen molar-refractivity contribution in [2.75, 3.05) is 32.7 Å². The first-order chi connectivity index (χ1) is 8.83. The van der Waals surface area contributed by atoms with Crippen molar-refractivity contribution >= 4 is 26.7 Å². The molecule has 5 heteroatoms. The molecule has 0 aliphatic carbocycles. The summed E-state index contributed by atoms with van der Waals surface area (Å²) in [5.41, 5.74) is 1.01. The molecule has 0 saturated carbocycles. The Morgan fingerprint density at radius 3 is 2.94 bits per heavy atom. The van der Waals surface area contributed by atoms with Crippen molar-refractivity contribution in [1.29, 1.82) is 0 Å². The van der Waals surface area contributed by atoms with E-state index < -0.39 is 0 Å². The molecule has 18 heavy (non-hydrogen) atoms. The van der Waals surface area contributed by atoms with Gasteiger partial charge in [-0.25, -0.2) is 4.98 Å². The van der Waals surface area contributed by atoms with Gasteiger partial charge in [-0.1, -0.05) is 11.3 Å². The molecule has 4 nitrogen and oxygen atoms in total. The number of methoxy groups -OCH3 is 2. The van der Waals surface area contributed by atoms with Gasteiger partial charge in [0.15, 0.2) is 5.13 Å². The number of rotatable bonds is 7. The van der Waals surface area contributed by atoms with Crippen LogP contribution in [0.3, 0.4) is 0 Å². The second-order valence-electron chi connectivity index (χ2n) is 3.98. The number of hydrogen-bond donors (Lipinski definition) is 1. The Labute approximate surface area is 111 Å². The number of benzene rings is 1. The van der Waals surface area contributed by atoms with Crippen LogP contribution in [0.1, 0.15) is 12.8 Å². The molecule has 0 aliphatic rings. The molecule has 2 rings (SSSR count). The van der Waals surface area contributed by atoms with E-state index in [1.165, 1.54) is 0 Å². The average molecular weight is 266 g/mol. The number of aromatic nitrogens is 1. The molecule has 0 saturated heterocycles. The molecular weight excluding hydrogens is 248 g/mol. The number of anilines is 1. The molecule has 1 heterocycles. The minimum absolute atomic E-state index is 0.818. The highest BCUT2D eigenvalue weighted by molar-refractivity contribution is 7.22. The number of nitrogens with one attached hydrogen (secondary N) is 1. The van der Waals surface area contributed by atoms with E-state index in [4.69, 9.17) is 9.47 Å². The third-order valence-corrected chi connectivity index (χ3v) is 3.62. The highest BCUT2D eigenvalue weighted by atomic mass is 32.1. The first-order valence-electron chi connectivity index (χ1n) is 6.01. The Kier molecular flexibility index (Phi) is 4.78. The summed E-state index contributed by atoms with van der Waals surface area (Å²) in [6, 6.07) is 5.94. The van der Waals surface area contributed by atoms with Gasteiger partial charge in [-0.3, -0.25) is 0 Å². The number of thiazole rings is 1. The van der Waals surface area contributed by atoms with Crippen molar-refractivity contribution in [3.8, 4) is 5.75 Å². The maximum Gasteiger partial charge on any atom is 0.183 e. The molecule has 0 aliphatic heterocycles. The van der Waals surface area contributed by atoms with E-state index in [0.717, 1.165) is 47.1 Å². The summed E-state index contributed by atoms with van der Waals surface area (Å²) in [7, 11) is 3.41. The zero-order valence-electron chi connectivity index (χ0n) is 10.7. The summed E-state index contributed by atoms with van der Waals surface area (Å²) in [5, 5.41) is 4.31. The quantitative estimate of drug-likeness (QED) is 0.782. The SMILES string of the molecule is COCCCCNc1nc2ccc(OC)cc2s1. The Bertz CT molecular complexity index is 499. The summed E-state index contributed by atoms with van der Waals surface area (Å²) >= 11 is 1.66. The van der Waals surface area contributed by atoms with Crippen molar-refractivity contribution in [3.05, 3.63) is 18.2 Å². The minimum Gasteiger partial charge on any atom is -0.497 e. The van der Waals surface area contributed by atoms with Crippen LogP contribution in [0.25, 0.3) is 10.2 Å². The Hall–Kier alpha value is -1.33. The lowest BCUT2D eigenvalue weighted by molar-refractivity contribution is 0.194. The Morgan fingerprint density at radius 2 is 2.17 bits per heavy atom. The topological polar surface area (TPSA) is 43.4 Å². The third-order valence-electron chi connectivity index (χ3n) is 2.65. The number of fused-ring (bicyclic) bond motifs is 1. The van der Waals surface area contributed by atoms with E-state index in [0.29, 0.717) is 0 Å². The van der Waals surface area contributed by atoms with E-state index in [2.05, 4.69) is 10.3 Å². The molecule has 1 N–H and O–H groups in total. The van der Waals surface area contributed by atoms with Crippen LogP contribution in [0, 0.1) is 0 Å². The van der Waals surface area contributed by atoms with Gasteiger partial charge in [-0.2, -0.15) is 0 Å². The van der Waals surface area contributed by atoms with Crippen LogP contribution in [0.2, 0.25) is 0 Å². The monoisotopic (exact) mass is 266 g/mol. The van der Waals surface area contributed by atoms with Crippen LogP contribution in [-0.2, 0) is 4.74 Å². The van der Waals surface area contributed by atoms with Gasteiger partial charge in [0.05, 0.1) is 17.3 Å². The van der Waals surface area contributed by atoms with Crippen LogP contribution in [-0.4, -0.2) is 32.4 Å². The fraction of sp³-hybridized carbons (Fsp3) is 0.462. The molecule has 0 fully saturated rings. The van der Waals surface area contributed by atoms with Crippen molar-refractivity contribution in [2.24, 2.45) is 0 Å². The van der Waals surface area contributed by atoms with Gasteiger partial charge in [0.25, 0.3) is 0 Å². The van der Waals surface area contributed by atoms with Gasteiger partial charge in [0.1, 0.15) is 5.75 Å². The van der Waals surface area contributed by atoms with Gasteiger partial charge in [0, 0.05) is 20.3 Å². The highest BCUT2D eigenvalue weighted by Gasteiger charge is 2.04. The molecule has 0 unspecified atom stereocenters. The van der Waals surface area contributed by atoms with E-state index in [-0.39, 0.29) is 0 Å². The van der Waals surface area contributed by atoms with Crippen LogP contribution in [0.5, 0.6) is 5.75 Å². The van der Waals surface area contributed by atoms with E-state index >= 15 is 0 Å². The van der Waals surface area contributed by atoms with Gasteiger partial charge >= 0.3 is 0 Å². The summed E-state index contributed by atoms with van der Waals surface area (Å²) in [6.45, 7) is 1.75. The molecule has 1 aromatic carbocycles. The zero-order valence-corrected chi connectivity index (χ0v) is 11.5. The van der Waals surface area contributed by atoms with Crippen molar-refractivity contribution < 1.29 is 9.47 Å². The molecule has 0 amide bonds. The average Bonchev–Trinajstić information content (AvgIpc) is 2.80. The molecular formula is C13H18N2O2S. The predicted molar refractivity (Wildman–Crippen MR) is 75.8 cm³/mol. The zero-order chi connectivity index (χ0) is 12.8. The van der Waals surface area contributed by atoms with Crippen molar-refractivity contribution in [3.63, 3.8) is 0 Å². The van der Waals surface area contributed by atoms with Crippen LogP contribution in [0.4, 0.5) is 5.13 Å². The molecule has 1 aromatic heterocycles. The standard InChI is InChI=1S/C13H18N2O2S/c1-16-8-4-3-7-14-13-15-11-6-5-10(17-2)9-12(11)18-13/h5-6,9H,3-4,7-8H2,1-2H3,(H,14,15). The van der Waals surface area contributed by atoms with Crippen LogP contribution < -0.4 is 10.1 Å². The molecule has 0 atom stereocenters. The number of unbranched alkanes of at least 4 members (excludes halogenated alkanes) is 1. The molecule has 98 valence electrons. The Morgan fingerprint density at radius 1 is 1.28 bits per heavy atom. The second kappa shape index (κ2) is 6.56. The highest BCUT2D eigenvalue weighted by Crippen LogP contribution is 2.28. The van der Waals surface area contributed by atoms with Gasteiger partial charge in [-0.15, -0.1) is 0 Å². The number of nitrogens with zero attached hydrogens (tertiary/aromatic N) is 1. The molecule has 0 spiro atoms. The normalized spacial score (nSPS) is 10.8. The first-order valence-corrected chi connectivity index (χ1v) is 6.82. The first kappa shape index (κ1) is 13.1. The van der Waals surface area contributed by atoms with Gasteiger partial charge in [0.2, 0.25) is 0 Å². The molecule has 0 bridgehead atoms.